The van der Waals surface area contributed by atoms with Crippen LogP contribution >= 0.6 is 23.1 Å². The van der Waals surface area contributed by atoms with E-state index in [-0.39, 0.29) is 6.04 Å². The molecule has 0 saturated carbocycles. The molecular weight excluding hydrogens is 298 g/mol. The molecule has 0 radical (unpaired) electrons. The predicted octanol–water partition coefficient (Wildman–Crippen LogP) is 3.85. The molecule has 2 heterocycles. The van der Waals surface area contributed by atoms with E-state index in [4.69, 9.17) is 0 Å². The first-order chi connectivity index (χ1) is 10.4. The zero-order chi connectivity index (χ0) is 14.5. The van der Waals surface area contributed by atoms with E-state index < -0.39 is 0 Å². The Morgan fingerprint density at radius 1 is 1.29 bits per heavy atom. The Morgan fingerprint density at radius 2 is 2.14 bits per heavy atom. The summed E-state index contributed by atoms with van der Waals surface area (Å²) in [7, 11) is 0. The van der Waals surface area contributed by atoms with Crippen LogP contribution in [0.5, 0.6) is 0 Å². The maximum absolute atomic E-state index is 4.49. The van der Waals surface area contributed by atoms with Gasteiger partial charge in [0.2, 0.25) is 0 Å². The molecule has 3 nitrogen and oxygen atoms in total. The number of benzene rings is 1. The SMILES string of the molecule is CCCNC(c1ccccc1)c1nnc(C2CCSC2)s1. The van der Waals surface area contributed by atoms with Crippen molar-refractivity contribution in [1.82, 2.24) is 15.5 Å². The molecule has 0 bridgehead atoms. The van der Waals surface area contributed by atoms with E-state index in [0.717, 1.165) is 18.0 Å². The van der Waals surface area contributed by atoms with Crippen molar-refractivity contribution >= 4 is 23.1 Å². The molecular formula is C16H21N3S2. The van der Waals surface area contributed by atoms with Crippen LogP contribution in [0.1, 0.15) is 47.3 Å². The van der Waals surface area contributed by atoms with Gasteiger partial charge in [-0.25, -0.2) is 0 Å². The van der Waals surface area contributed by atoms with Gasteiger partial charge >= 0.3 is 0 Å². The summed E-state index contributed by atoms with van der Waals surface area (Å²) in [5.74, 6) is 3.08. The van der Waals surface area contributed by atoms with Crippen molar-refractivity contribution < 1.29 is 0 Å². The van der Waals surface area contributed by atoms with Crippen LogP contribution in [0.4, 0.5) is 0 Å². The Bertz CT molecular complexity index is 550. The number of aromatic nitrogens is 2. The molecule has 0 amide bonds. The van der Waals surface area contributed by atoms with Gasteiger partial charge in [0.05, 0.1) is 6.04 Å². The number of nitrogens with zero attached hydrogens (tertiary/aromatic N) is 2. The molecule has 1 saturated heterocycles. The van der Waals surface area contributed by atoms with Crippen molar-refractivity contribution in [3.05, 3.63) is 45.9 Å². The second kappa shape index (κ2) is 7.38. The van der Waals surface area contributed by atoms with Crippen LogP contribution in [0, 0.1) is 0 Å². The van der Waals surface area contributed by atoms with Crippen LogP contribution in [0.15, 0.2) is 30.3 Å². The highest BCUT2D eigenvalue weighted by Gasteiger charge is 2.24. The maximum Gasteiger partial charge on any atom is 0.139 e. The van der Waals surface area contributed by atoms with Crippen molar-refractivity contribution in [1.29, 1.82) is 0 Å². The summed E-state index contributed by atoms with van der Waals surface area (Å²) in [4.78, 5) is 0. The third kappa shape index (κ3) is 3.65. The molecule has 3 rings (SSSR count). The fraction of sp³-hybridized carbons (Fsp3) is 0.500. The minimum absolute atomic E-state index is 0.173. The van der Waals surface area contributed by atoms with Crippen LogP contribution in [0.25, 0.3) is 0 Å². The van der Waals surface area contributed by atoms with Gasteiger partial charge in [-0.05, 0) is 30.7 Å². The standard InChI is InChI=1S/C16H21N3S2/c1-2-9-17-14(12-6-4-3-5-7-12)16-19-18-15(21-16)13-8-10-20-11-13/h3-7,13-14,17H,2,8-11H2,1H3. The summed E-state index contributed by atoms with van der Waals surface area (Å²) in [6.45, 7) is 3.18. The first kappa shape index (κ1) is 15.0. The predicted molar refractivity (Wildman–Crippen MR) is 91.2 cm³/mol. The molecule has 0 spiro atoms. The van der Waals surface area contributed by atoms with Crippen LogP contribution in [0.2, 0.25) is 0 Å². The highest BCUT2D eigenvalue weighted by atomic mass is 32.2. The monoisotopic (exact) mass is 319 g/mol. The van der Waals surface area contributed by atoms with Crippen molar-refractivity contribution in [3.63, 3.8) is 0 Å². The van der Waals surface area contributed by atoms with Gasteiger partial charge in [0.1, 0.15) is 10.0 Å². The molecule has 1 fully saturated rings. The number of hydrogen-bond acceptors (Lipinski definition) is 5. The van der Waals surface area contributed by atoms with Crippen molar-refractivity contribution in [3.8, 4) is 0 Å². The van der Waals surface area contributed by atoms with E-state index in [1.807, 2.05) is 11.8 Å². The number of rotatable bonds is 6. The Hall–Kier alpha value is -0.910. The third-order valence-corrected chi connectivity index (χ3v) is 6.03. The fourth-order valence-corrected chi connectivity index (χ4v) is 4.95. The topological polar surface area (TPSA) is 37.8 Å². The summed E-state index contributed by atoms with van der Waals surface area (Å²) in [6.07, 6.45) is 2.37. The maximum atomic E-state index is 4.49. The summed E-state index contributed by atoms with van der Waals surface area (Å²) in [5, 5.41) is 14.9. The highest BCUT2D eigenvalue weighted by molar-refractivity contribution is 7.99. The van der Waals surface area contributed by atoms with Crippen LogP contribution in [0.3, 0.4) is 0 Å². The van der Waals surface area contributed by atoms with Gasteiger partial charge < -0.3 is 5.32 Å². The Kier molecular flexibility index (Phi) is 5.27. The summed E-state index contributed by atoms with van der Waals surface area (Å²) < 4.78 is 0. The molecule has 2 unspecified atom stereocenters. The van der Waals surface area contributed by atoms with E-state index in [1.54, 1.807) is 11.3 Å². The van der Waals surface area contributed by atoms with Gasteiger partial charge in [-0.1, -0.05) is 48.6 Å². The average Bonchev–Trinajstić information content (AvgIpc) is 3.20. The quantitative estimate of drug-likeness (QED) is 0.877. The second-order valence-electron chi connectivity index (χ2n) is 5.34. The normalized spacial score (nSPS) is 19.8. The molecule has 1 aliphatic heterocycles. The zero-order valence-electron chi connectivity index (χ0n) is 12.3. The fourth-order valence-electron chi connectivity index (χ4n) is 2.54. The Labute approximate surface area is 134 Å². The van der Waals surface area contributed by atoms with E-state index >= 15 is 0 Å². The molecule has 1 aromatic heterocycles. The lowest BCUT2D eigenvalue weighted by Gasteiger charge is -2.15. The lowest BCUT2D eigenvalue weighted by Crippen LogP contribution is -2.23. The van der Waals surface area contributed by atoms with Gasteiger partial charge in [-0.15, -0.1) is 10.2 Å². The lowest BCUT2D eigenvalue weighted by molar-refractivity contribution is 0.591. The van der Waals surface area contributed by atoms with Gasteiger partial charge in [0.15, 0.2) is 0 Å². The lowest BCUT2D eigenvalue weighted by atomic mass is 10.1. The smallest absolute Gasteiger partial charge is 0.139 e. The molecule has 5 heteroatoms. The van der Waals surface area contributed by atoms with Crippen molar-refractivity contribution in [2.45, 2.75) is 31.7 Å². The molecule has 1 aromatic carbocycles. The highest BCUT2D eigenvalue weighted by Crippen LogP contribution is 2.35. The third-order valence-electron chi connectivity index (χ3n) is 3.71. The summed E-state index contributed by atoms with van der Waals surface area (Å²) >= 11 is 3.81. The molecule has 2 aromatic rings. The molecule has 112 valence electrons. The van der Waals surface area contributed by atoms with Gasteiger partial charge in [0, 0.05) is 11.7 Å². The summed E-state index contributed by atoms with van der Waals surface area (Å²) in [6, 6.07) is 10.7. The average molecular weight is 319 g/mol. The Morgan fingerprint density at radius 3 is 2.86 bits per heavy atom. The first-order valence-corrected chi connectivity index (χ1v) is 9.55. The molecule has 1 aliphatic rings. The van der Waals surface area contributed by atoms with Crippen LogP contribution < -0.4 is 5.32 Å². The number of thioether (sulfide) groups is 1. The second-order valence-corrected chi connectivity index (χ2v) is 7.53. The van der Waals surface area contributed by atoms with Crippen LogP contribution in [-0.2, 0) is 0 Å². The van der Waals surface area contributed by atoms with Crippen LogP contribution in [-0.4, -0.2) is 28.2 Å². The molecule has 21 heavy (non-hydrogen) atoms. The van der Waals surface area contributed by atoms with Gasteiger partial charge in [-0.2, -0.15) is 11.8 Å². The van der Waals surface area contributed by atoms with Gasteiger partial charge in [0.25, 0.3) is 0 Å². The Balaban J connectivity index is 1.82. The molecule has 2 atom stereocenters. The first-order valence-electron chi connectivity index (χ1n) is 7.58. The number of hydrogen-bond donors (Lipinski definition) is 1. The minimum Gasteiger partial charge on any atom is -0.304 e. The molecule has 0 aliphatic carbocycles. The largest absolute Gasteiger partial charge is 0.304 e. The van der Waals surface area contributed by atoms with Crippen molar-refractivity contribution in [2.75, 3.05) is 18.1 Å². The van der Waals surface area contributed by atoms with Gasteiger partial charge in [-0.3, -0.25) is 0 Å². The van der Waals surface area contributed by atoms with E-state index in [1.165, 1.54) is 28.5 Å². The minimum atomic E-state index is 0.173. The number of nitrogens with one attached hydrogen (secondary N) is 1. The van der Waals surface area contributed by atoms with Crippen molar-refractivity contribution in [2.24, 2.45) is 0 Å². The molecule has 1 N–H and O–H groups in total. The van der Waals surface area contributed by atoms with E-state index in [2.05, 4.69) is 52.8 Å². The van der Waals surface area contributed by atoms with E-state index in [0.29, 0.717) is 5.92 Å². The van der Waals surface area contributed by atoms with E-state index in [9.17, 15) is 0 Å². The summed E-state index contributed by atoms with van der Waals surface area (Å²) in [5.41, 5.74) is 1.27. The zero-order valence-corrected chi connectivity index (χ0v) is 13.9.